The van der Waals surface area contributed by atoms with Gasteiger partial charge in [0.25, 0.3) is 5.91 Å². The molecule has 0 fully saturated rings. The Morgan fingerprint density at radius 2 is 1.77 bits per heavy atom. The predicted octanol–water partition coefficient (Wildman–Crippen LogP) is 4.97. The molecule has 0 atom stereocenters. The van der Waals surface area contributed by atoms with Gasteiger partial charge in [-0.15, -0.1) is 0 Å². The average molecular weight is 396 g/mol. The van der Waals surface area contributed by atoms with Crippen molar-refractivity contribution in [3.8, 4) is 5.75 Å². The number of benzene rings is 2. The molecule has 0 aliphatic heterocycles. The molecule has 2 aromatic rings. The molecule has 7 heteroatoms. The van der Waals surface area contributed by atoms with Crippen molar-refractivity contribution in [1.29, 1.82) is 0 Å². The molecule has 138 valence electrons. The van der Waals surface area contributed by atoms with E-state index in [4.69, 9.17) is 32.7 Å². The van der Waals surface area contributed by atoms with Crippen LogP contribution in [0.2, 0.25) is 10.0 Å². The van der Waals surface area contributed by atoms with Crippen LogP contribution in [0.5, 0.6) is 5.75 Å². The standard InChI is InChI=1S/C19H19Cl2NO4/c1-2-3-10-25-15-7-4-13(5-8-15)19(24)26-12-18(23)22-14-6-9-16(20)17(21)11-14/h4-9,11H,2-3,10,12H2,1H3,(H,22,23). The molecular formula is C19H19Cl2NO4. The molecule has 0 spiro atoms. The van der Waals surface area contributed by atoms with Crippen LogP contribution in [0.1, 0.15) is 30.1 Å². The lowest BCUT2D eigenvalue weighted by molar-refractivity contribution is -0.119. The first kappa shape index (κ1) is 20.1. The van der Waals surface area contributed by atoms with Gasteiger partial charge in [-0.25, -0.2) is 4.79 Å². The SMILES string of the molecule is CCCCOc1ccc(C(=O)OCC(=O)Nc2ccc(Cl)c(Cl)c2)cc1. The minimum Gasteiger partial charge on any atom is -0.494 e. The first-order valence-corrected chi connectivity index (χ1v) is 8.90. The fourth-order valence-corrected chi connectivity index (χ4v) is 2.31. The number of esters is 1. The largest absolute Gasteiger partial charge is 0.494 e. The van der Waals surface area contributed by atoms with Crippen LogP contribution in [0, 0.1) is 0 Å². The number of unbranched alkanes of at least 4 members (excludes halogenated alkanes) is 1. The van der Waals surface area contributed by atoms with Gasteiger partial charge in [-0.1, -0.05) is 36.5 Å². The maximum absolute atomic E-state index is 12.0. The Bertz CT molecular complexity index is 763. The van der Waals surface area contributed by atoms with Crippen molar-refractivity contribution < 1.29 is 19.1 Å². The molecule has 0 radical (unpaired) electrons. The van der Waals surface area contributed by atoms with Gasteiger partial charge in [0, 0.05) is 5.69 Å². The third kappa shape index (κ3) is 6.24. The number of nitrogens with one attached hydrogen (secondary N) is 1. The zero-order valence-corrected chi connectivity index (χ0v) is 15.8. The molecule has 0 unspecified atom stereocenters. The summed E-state index contributed by atoms with van der Waals surface area (Å²) in [5.41, 5.74) is 0.809. The van der Waals surface area contributed by atoms with Gasteiger partial charge in [-0.2, -0.15) is 0 Å². The summed E-state index contributed by atoms with van der Waals surface area (Å²) < 4.78 is 10.5. The Hall–Kier alpha value is -2.24. The molecule has 0 saturated carbocycles. The van der Waals surface area contributed by atoms with Crippen molar-refractivity contribution in [1.82, 2.24) is 0 Å². The van der Waals surface area contributed by atoms with Crippen molar-refractivity contribution >= 4 is 40.8 Å². The van der Waals surface area contributed by atoms with E-state index in [2.05, 4.69) is 12.2 Å². The van der Waals surface area contributed by atoms with Gasteiger partial charge < -0.3 is 14.8 Å². The molecule has 26 heavy (non-hydrogen) atoms. The van der Waals surface area contributed by atoms with Gasteiger partial charge in [0.2, 0.25) is 0 Å². The van der Waals surface area contributed by atoms with Crippen molar-refractivity contribution in [3.05, 3.63) is 58.1 Å². The normalized spacial score (nSPS) is 10.3. The van der Waals surface area contributed by atoms with Gasteiger partial charge in [-0.05, 0) is 48.9 Å². The second kappa shape index (κ2) is 10.0. The molecule has 1 N–H and O–H groups in total. The van der Waals surface area contributed by atoms with Gasteiger partial charge in [0.05, 0.1) is 22.2 Å². The Labute approximate surface area is 162 Å². The number of halogens is 2. The van der Waals surface area contributed by atoms with Crippen molar-refractivity contribution in [3.63, 3.8) is 0 Å². The van der Waals surface area contributed by atoms with Crippen molar-refractivity contribution in [2.24, 2.45) is 0 Å². The van der Waals surface area contributed by atoms with E-state index in [9.17, 15) is 9.59 Å². The maximum Gasteiger partial charge on any atom is 0.338 e. The van der Waals surface area contributed by atoms with E-state index in [0.717, 1.165) is 12.8 Å². The number of anilines is 1. The fraction of sp³-hybridized carbons (Fsp3) is 0.263. The number of ether oxygens (including phenoxy) is 2. The van der Waals surface area contributed by atoms with Crippen LogP contribution in [0.15, 0.2) is 42.5 Å². The Kier molecular flexibility index (Phi) is 7.75. The topological polar surface area (TPSA) is 64.6 Å². The molecule has 0 bridgehead atoms. The zero-order chi connectivity index (χ0) is 18.9. The first-order valence-electron chi connectivity index (χ1n) is 8.14. The van der Waals surface area contributed by atoms with Crippen LogP contribution in [0.3, 0.4) is 0 Å². The summed E-state index contributed by atoms with van der Waals surface area (Å²) in [7, 11) is 0. The van der Waals surface area contributed by atoms with E-state index in [1.807, 2.05) is 0 Å². The minimum absolute atomic E-state index is 0.322. The molecule has 0 saturated heterocycles. The van der Waals surface area contributed by atoms with E-state index in [1.165, 1.54) is 6.07 Å². The summed E-state index contributed by atoms with van der Waals surface area (Å²) in [5, 5.41) is 3.28. The molecular weight excluding hydrogens is 377 g/mol. The summed E-state index contributed by atoms with van der Waals surface area (Å²) >= 11 is 11.7. The van der Waals surface area contributed by atoms with Gasteiger partial charge in [0.1, 0.15) is 5.75 Å². The number of carbonyl (C=O) groups excluding carboxylic acids is 2. The number of hydrogen-bond acceptors (Lipinski definition) is 4. The lowest BCUT2D eigenvalue weighted by Gasteiger charge is -2.08. The maximum atomic E-state index is 12.0. The van der Waals surface area contributed by atoms with Gasteiger partial charge in [-0.3, -0.25) is 4.79 Å². The smallest absolute Gasteiger partial charge is 0.338 e. The van der Waals surface area contributed by atoms with Crippen LogP contribution in [0.4, 0.5) is 5.69 Å². The van der Waals surface area contributed by atoms with Gasteiger partial charge >= 0.3 is 5.97 Å². The van der Waals surface area contributed by atoms with Crippen molar-refractivity contribution in [2.75, 3.05) is 18.5 Å². The van der Waals surface area contributed by atoms with Crippen LogP contribution < -0.4 is 10.1 Å². The highest BCUT2D eigenvalue weighted by molar-refractivity contribution is 6.42. The number of carbonyl (C=O) groups is 2. The highest BCUT2D eigenvalue weighted by atomic mass is 35.5. The van der Waals surface area contributed by atoms with Crippen molar-refractivity contribution in [2.45, 2.75) is 19.8 Å². The average Bonchev–Trinajstić information content (AvgIpc) is 2.63. The monoisotopic (exact) mass is 395 g/mol. The number of amides is 1. The fourth-order valence-electron chi connectivity index (χ4n) is 2.01. The van der Waals surface area contributed by atoms with E-state index in [-0.39, 0.29) is 0 Å². The Morgan fingerprint density at radius 3 is 2.42 bits per heavy atom. The van der Waals surface area contributed by atoms with E-state index in [1.54, 1.807) is 36.4 Å². The first-order chi connectivity index (χ1) is 12.5. The molecule has 0 aromatic heterocycles. The molecule has 2 aromatic carbocycles. The third-order valence-electron chi connectivity index (χ3n) is 3.39. The summed E-state index contributed by atoms with van der Waals surface area (Å²) in [6.45, 7) is 2.31. The number of hydrogen-bond donors (Lipinski definition) is 1. The van der Waals surface area contributed by atoms with Crippen LogP contribution >= 0.6 is 23.2 Å². The summed E-state index contributed by atoms with van der Waals surface area (Å²) in [5.74, 6) is -0.377. The highest BCUT2D eigenvalue weighted by Gasteiger charge is 2.11. The molecule has 5 nitrogen and oxygen atoms in total. The highest BCUT2D eigenvalue weighted by Crippen LogP contribution is 2.24. The molecule has 0 aliphatic rings. The quantitative estimate of drug-likeness (QED) is 0.506. The summed E-state index contributed by atoms with van der Waals surface area (Å²) in [6, 6.07) is 11.3. The summed E-state index contributed by atoms with van der Waals surface area (Å²) in [4.78, 5) is 23.9. The zero-order valence-electron chi connectivity index (χ0n) is 14.3. The minimum atomic E-state index is -0.589. The number of rotatable bonds is 8. The van der Waals surface area contributed by atoms with Gasteiger partial charge in [0.15, 0.2) is 6.61 Å². The molecule has 1 amide bonds. The van der Waals surface area contributed by atoms with Crippen LogP contribution in [-0.2, 0) is 9.53 Å². The lowest BCUT2D eigenvalue weighted by atomic mass is 10.2. The Balaban J connectivity index is 1.81. The second-order valence-corrected chi connectivity index (χ2v) is 6.29. The van der Waals surface area contributed by atoms with Crippen LogP contribution in [0.25, 0.3) is 0 Å². The molecule has 0 heterocycles. The van der Waals surface area contributed by atoms with E-state index in [0.29, 0.717) is 33.7 Å². The van der Waals surface area contributed by atoms with Crippen LogP contribution in [-0.4, -0.2) is 25.1 Å². The molecule has 2 rings (SSSR count). The van der Waals surface area contributed by atoms with E-state index < -0.39 is 18.5 Å². The Morgan fingerprint density at radius 1 is 1.04 bits per heavy atom. The van der Waals surface area contributed by atoms with E-state index >= 15 is 0 Å². The lowest BCUT2D eigenvalue weighted by Crippen LogP contribution is -2.20. The molecule has 0 aliphatic carbocycles. The second-order valence-electron chi connectivity index (χ2n) is 5.48. The summed E-state index contributed by atoms with van der Waals surface area (Å²) in [6.07, 6.45) is 2.02. The predicted molar refractivity (Wildman–Crippen MR) is 102 cm³/mol. The third-order valence-corrected chi connectivity index (χ3v) is 4.13.